The molecule has 7 heteroatoms. The Hall–Kier alpha value is -2.02. The number of nitrogens with zero attached hydrogens (tertiary/aromatic N) is 1. The molecule has 0 amide bonds. The van der Waals surface area contributed by atoms with Crippen molar-refractivity contribution < 1.29 is 22.0 Å². The molecule has 1 aromatic heterocycles. The molecule has 0 fully saturated rings. The maximum atomic E-state index is 13.0. The van der Waals surface area contributed by atoms with Crippen molar-refractivity contribution in [3.63, 3.8) is 0 Å². The van der Waals surface area contributed by atoms with Crippen molar-refractivity contribution in [3.8, 4) is 0 Å². The highest BCUT2D eigenvalue weighted by Gasteiger charge is 2.29. The van der Waals surface area contributed by atoms with Crippen LogP contribution in [0.3, 0.4) is 0 Å². The minimum atomic E-state index is -4.34. The molecule has 0 aliphatic heterocycles. The number of hydrogen-bond acceptors (Lipinski definition) is 3. The molecule has 22 heavy (non-hydrogen) atoms. The molecule has 0 N–H and O–H groups in total. The molecule has 3 rings (SSSR count). The number of benzene rings is 2. The summed E-state index contributed by atoms with van der Waals surface area (Å²) in [5.74, 6) is -0.00379. The van der Waals surface area contributed by atoms with Gasteiger partial charge in [-0.1, -0.05) is 23.9 Å². The lowest BCUT2D eigenvalue weighted by Crippen LogP contribution is -2.04. The van der Waals surface area contributed by atoms with Gasteiger partial charge in [0.25, 0.3) is 5.22 Å². The molecule has 0 aliphatic carbocycles. The lowest BCUT2D eigenvalue weighted by atomic mass is 10.1. The van der Waals surface area contributed by atoms with E-state index in [9.17, 15) is 17.6 Å². The number of rotatable bonds is 3. The first-order chi connectivity index (χ1) is 10.4. The highest BCUT2D eigenvalue weighted by atomic mass is 32.2. The van der Waals surface area contributed by atoms with Gasteiger partial charge < -0.3 is 4.42 Å². The summed E-state index contributed by atoms with van der Waals surface area (Å²) in [6, 6.07) is 8.95. The van der Waals surface area contributed by atoms with Crippen molar-refractivity contribution in [2.45, 2.75) is 17.2 Å². The number of thioether (sulfide) groups is 1. The normalized spacial score (nSPS) is 12.0. The summed E-state index contributed by atoms with van der Waals surface area (Å²) in [6.45, 7) is 0. The molecule has 0 aliphatic rings. The fraction of sp³-hybridized carbons (Fsp3) is 0.133. The van der Waals surface area contributed by atoms with Crippen LogP contribution in [0.1, 0.15) is 11.1 Å². The molecule has 0 spiro atoms. The summed E-state index contributed by atoms with van der Waals surface area (Å²) in [7, 11) is 0. The third-order valence-corrected chi connectivity index (χ3v) is 3.87. The molecule has 0 bridgehead atoms. The van der Waals surface area contributed by atoms with Crippen LogP contribution in [-0.2, 0) is 11.9 Å². The first kappa shape index (κ1) is 14.9. The maximum absolute atomic E-state index is 13.0. The van der Waals surface area contributed by atoms with E-state index < -0.39 is 17.6 Å². The number of hydrogen-bond donors (Lipinski definition) is 0. The summed E-state index contributed by atoms with van der Waals surface area (Å²) in [5, 5.41) is 0.348. The van der Waals surface area contributed by atoms with Gasteiger partial charge in [-0.25, -0.2) is 9.37 Å². The predicted octanol–water partition coefficient (Wildman–Crippen LogP) is 5.28. The second kappa shape index (κ2) is 5.64. The van der Waals surface area contributed by atoms with E-state index in [0.717, 1.165) is 12.1 Å². The topological polar surface area (TPSA) is 26.0 Å². The lowest BCUT2D eigenvalue weighted by Gasteiger charge is -2.06. The molecule has 1 heterocycles. The Morgan fingerprint density at radius 2 is 1.77 bits per heavy atom. The first-order valence-corrected chi connectivity index (χ1v) is 7.25. The number of fused-ring (bicyclic) bond motifs is 1. The fourth-order valence-corrected chi connectivity index (χ4v) is 2.67. The van der Waals surface area contributed by atoms with E-state index in [1.54, 1.807) is 0 Å². The molecule has 0 atom stereocenters. The van der Waals surface area contributed by atoms with Crippen LogP contribution in [0.4, 0.5) is 17.6 Å². The number of alkyl halides is 3. The van der Waals surface area contributed by atoms with Gasteiger partial charge >= 0.3 is 6.18 Å². The van der Waals surface area contributed by atoms with Crippen LogP contribution in [-0.4, -0.2) is 4.98 Å². The third kappa shape index (κ3) is 3.24. The van der Waals surface area contributed by atoms with Crippen LogP contribution < -0.4 is 0 Å². The van der Waals surface area contributed by atoms with Gasteiger partial charge in [0, 0.05) is 11.8 Å². The largest absolute Gasteiger partial charge is 0.431 e. The van der Waals surface area contributed by atoms with Crippen molar-refractivity contribution in [2.24, 2.45) is 0 Å². The van der Waals surface area contributed by atoms with Gasteiger partial charge in [-0.05, 0) is 29.8 Å². The minimum Gasteiger partial charge on any atom is -0.431 e. The maximum Gasteiger partial charge on any atom is 0.416 e. The van der Waals surface area contributed by atoms with E-state index >= 15 is 0 Å². The minimum absolute atomic E-state index is 0.343. The van der Waals surface area contributed by atoms with Crippen LogP contribution in [0.15, 0.2) is 52.1 Å². The van der Waals surface area contributed by atoms with E-state index in [2.05, 4.69) is 4.98 Å². The fourth-order valence-electron chi connectivity index (χ4n) is 1.87. The smallest absolute Gasteiger partial charge is 0.416 e. The molecular formula is C15H9F4NOS. The Kier molecular flexibility index (Phi) is 3.82. The van der Waals surface area contributed by atoms with Crippen molar-refractivity contribution in [1.82, 2.24) is 4.98 Å². The Labute approximate surface area is 127 Å². The van der Waals surface area contributed by atoms with Gasteiger partial charge in [-0.15, -0.1) is 0 Å². The van der Waals surface area contributed by atoms with Gasteiger partial charge in [-0.2, -0.15) is 13.2 Å². The van der Waals surface area contributed by atoms with E-state index in [1.807, 2.05) is 0 Å². The predicted molar refractivity (Wildman–Crippen MR) is 75.0 cm³/mol. The van der Waals surface area contributed by atoms with E-state index in [0.29, 0.717) is 27.6 Å². The molecule has 0 saturated carbocycles. The highest BCUT2D eigenvalue weighted by molar-refractivity contribution is 7.98. The number of halogens is 4. The molecule has 0 saturated heterocycles. The van der Waals surface area contributed by atoms with Gasteiger partial charge in [-0.3, -0.25) is 0 Å². The quantitative estimate of drug-likeness (QED) is 0.484. The third-order valence-electron chi connectivity index (χ3n) is 2.97. The number of aromatic nitrogens is 1. The molecule has 114 valence electrons. The Morgan fingerprint density at radius 3 is 2.45 bits per heavy atom. The summed E-state index contributed by atoms with van der Waals surface area (Å²) in [6.07, 6.45) is -4.34. The average Bonchev–Trinajstić information content (AvgIpc) is 2.86. The van der Waals surface area contributed by atoms with E-state index in [-0.39, 0.29) is 0 Å². The SMILES string of the molecule is Fc1ccc2nc(SCc3ccc(C(F)(F)F)cc3)oc2c1. The Balaban J connectivity index is 1.71. The summed E-state index contributed by atoms with van der Waals surface area (Å²) in [4.78, 5) is 4.18. The highest BCUT2D eigenvalue weighted by Crippen LogP contribution is 2.31. The second-order valence-corrected chi connectivity index (χ2v) is 5.50. The zero-order valence-electron chi connectivity index (χ0n) is 11.0. The molecule has 2 aromatic carbocycles. The molecule has 0 radical (unpaired) electrons. The molecule has 0 unspecified atom stereocenters. The van der Waals surface area contributed by atoms with Crippen molar-refractivity contribution in [3.05, 3.63) is 59.4 Å². The summed E-state index contributed by atoms with van der Waals surface area (Å²) >= 11 is 1.24. The van der Waals surface area contributed by atoms with Gasteiger partial charge in [0.15, 0.2) is 5.58 Å². The van der Waals surface area contributed by atoms with Crippen LogP contribution in [0.25, 0.3) is 11.1 Å². The van der Waals surface area contributed by atoms with Crippen molar-refractivity contribution in [2.75, 3.05) is 0 Å². The average molecular weight is 327 g/mol. The lowest BCUT2D eigenvalue weighted by molar-refractivity contribution is -0.137. The van der Waals surface area contributed by atoms with Crippen molar-refractivity contribution in [1.29, 1.82) is 0 Å². The van der Waals surface area contributed by atoms with E-state index in [4.69, 9.17) is 4.42 Å². The second-order valence-electron chi connectivity index (χ2n) is 4.58. The monoisotopic (exact) mass is 327 g/mol. The summed E-state index contributed by atoms with van der Waals surface area (Å²) < 4.78 is 55.8. The standard InChI is InChI=1S/C15H9F4NOS/c16-11-5-6-12-13(7-11)21-14(20-12)22-8-9-1-3-10(4-2-9)15(17,18)19/h1-7H,8H2. The zero-order chi connectivity index (χ0) is 15.7. The number of oxazole rings is 1. The first-order valence-electron chi connectivity index (χ1n) is 6.27. The van der Waals surface area contributed by atoms with Gasteiger partial charge in [0.05, 0.1) is 5.56 Å². The Morgan fingerprint density at radius 1 is 1.05 bits per heavy atom. The van der Waals surface area contributed by atoms with Crippen LogP contribution in [0.5, 0.6) is 0 Å². The van der Waals surface area contributed by atoms with Crippen LogP contribution in [0.2, 0.25) is 0 Å². The molecular weight excluding hydrogens is 318 g/mol. The van der Waals surface area contributed by atoms with Gasteiger partial charge in [0.1, 0.15) is 11.3 Å². The Bertz CT molecular complexity index is 795. The van der Waals surface area contributed by atoms with E-state index in [1.165, 1.54) is 42.1 Å². The van der Waals surface area contributed by atoms with Crippen LogP contribution in [0, 0.1) is 5.82 Å². The molecule has 3 aromatic rings. The van der Waals surface area contributed by atoms with Gasteiger partial charge in [0.2, 0.25) is 0 Å². The molecule has 2 nitrogen and oxygen atoms in total. The van der Waals surface area contributed by atoms with Crippen molar-refractivity contribution >= 4 is 22.9 Å². The van der Waals surface area contributed by atoms with Crippen LogP contribution >= 0.6 is 11.8 Å². The zero-order valence-corrected chi connectivity index (χ0v) is 11.8. The summed E-state index contributed by atoms with van der Waals surface area (Å²) in [5.41, 5.74) is 0.913.